The Labute approximate surface area is 343 Å². The number of methoxy groups -OCH3 is 3. The normalized spacial score (nSPS) is 13.1. The minimum atomic E-state index is -5.08. The van der Waals surface area contributed by atoms with Crippen molar-refractivity contribution in [3.8, 4) is 23.0 Å². The highest BCUT2D eigenvalue weighted by Crippen LogP contribution is 2.45. The molecule has 1 heterocycles. The van der Waals surface area contributed by atoms with Crippen LogP contribution in [0.15, 0.2) is 92.8 Å². The number of hydrogen-bond donors (Lipinski definition) is 3. The molecular formula is C39H36ClN5O12S2. The molecule has 1 aliphatic rings. The van der Waals surface area contributed by atoms with Crippen LogP contribution in [0.3, 0.4) is 0 Å². The summed E-state index contributed by atoms with van der Waals surface area (Å²) in [6, 6.07) is 15.8. The second-order valence-electron chi connectivity index (χ2n) is 12.7. The maximum atomic E-state index is 14.1. The van der Waals surface area contributed by atoms with Gasteiger partial charge < -0.3 is 24.6 Å². The fourth-order valence-electron chi connectivity index (χ4n) is 6.58. The van der Waals surface area contributed by atoms with Crippen LogP contribution in [0, 0.1) is 0 Å². The summed E-state index contributed by atoms with van der Waals surface area (Å²) in [5.41, 5.74) is -1.02. The van der Waals surface area contributed by atoms with Crippen molar-refractivity contribution in [2.75, 3.05) is 39.7 Å². The fourth-order valence-corrected chi connectivity index (χ4v) is 8.98. The number of azo groups is 1. The van der Waals surface area contributed by atoms with Crippen LogP contribution in [0.4, 0.5) is 17.1 Å². The van der Waals surface area contributed by atoms with E-state index in [1.54, 1.807) is 26.0 Å². The lowest BCUT2D eigenvalue weighted by molar-refractivity contribution is 0.0642. The Hall–Kier alpha value is -6.12. The molecule has 17 nitrogen and oxygen atoms in total. The molecule has 1 aliphatic heterocycles. The number of ether oxygens (including phenoxy) is 3. The molecular weight excluding hydrogens is 830 g/mol. The average Bonchev–Trinajstić information content (AvgIpc) is 3.44. The Morgan fingerprint density at radius 1 is 0.831 bits per heavy atom. The molecule has 3 amide bonds. The van der Waals surface area contributed by atoms with Gasteiger partial charge in [-0.1, -0.05) is 43.6 Å². The average molecular weight is 866 g/mol. The number of carbonyl (C=O) groups is 3. The van der Waals surface area contributed by atoms with Crippen molar-refractivity contribution < 1.29 is 55.1 Å². The molecule has 0 fully saturated rings. The molecule has 59 heavy (non-hydrogen) atoms. The lowest BCUT2D eigenvalue weighted by atomic mass is 9.98. The third-order valence-electron chi connectivity index (χ3n) is 9.50. The van der Waals surface area contributed by atoms with Gasteiger partial charge in [0, 0.05) is 29.9 Å². The summed E-state index contributed by atoms with van der Waals surface area (Å²) in [5.74, 6) is -2.90. The molecule has 0 saturated carbocycles. The second kappa shape index (κ2) is 16.6. The number of phenols is 1. The molecule has 0 aromatic heterocycles. The van der Waals surface area contributed by atoms with Crippen LogP contribution in [-0.4, -0.2) is 87.8 Å². The number of anilines is 1. The smallest absolute Gasteiger partial charge is 0.295 e. The fraction of sp³-hybridized carbons (Fsp3) is 0.205. The standard InChI is InChI=1S/C39H36ClN5O12S2/c1-6-44(7-2)58(50,51)22-13-14-30(55-3)29(16-22)42-43-35-34-21(20-45-38(48)23-10-8-9-11-24(23)39(45)49)12-15-33(59(52,53)54)25(34)17-26(36(35)46)37(47)41-28-18-27(40)31(56-4)19-32(28)57-5/h8-19,46H,6-7,20H2,1-5H3,(H,41,47)(H,52,53,54). The summed E-state index contributed by atoms with van der Waals surface area (Å²) < 4.78 is 80.4. The van der Waals surface area contributed by atoms with Gasteiger partial charge in [-0.05, 0) is 54.1 Å². The number of sulfonamides is 1. The highest BCUT2D eigenvalue weighted by molar-refractivity contribution is 7.89. The van der Waals surface area contributed by atoms with Crippen LogP contribution in [0.25, 0.3) is 10.8 Å². The van der Waals surface area contributed by atoms with Crippen molar-refractivity contribution in [2.24, 2.45) is 10.2 Å². The molecule has 308 valence electrons. The number of halogens is 1. The topological polar surface area (TPSA) is 231 Å². The van der Waals surface area contributed by atoms with E-state index in [-0.39, 0.29) is 79.1 Å². The van der Waals surface area contributed by atoms with E-state index in [2.05, 4.69) is 15.5 Å². The van der Waals surface area contributed by atoms with Gasteiger partial charge in [0.2, 0.25) is 10.0 Å². The first-order valence-corrected chi connectivity index (χ1v) is 20.8. The predicted octanol–water partition coefficient (Wildman–Crippen LogP) is 6.97. The Balaban J connectivity index is 1.61. The number of amides is 3. The summed E-state index contributed by atoms with van der Waals surface area (Å²) in [5, 5.41) is 22.5. The molecule has 5 aromatic rings. The number of hydrogen-bond acceptors (Lipinski definition) is 13. The Morgan fingerprint density at radius 3 is 2.03 bits per heavy atom. The van der Waals surface area contributed by atoms with E-state index in [1.165, 1.54) is 74.2 Å². The van der Waals surface area contributed by atoms with Crippen LogP contribution in [0.1, 0.15) is 50.5 Å². The van der Waals surface area contributed by atoms with E-state index in [0.29, 0.717) is 0 Å². The van der Waals surface area contributed by atoms with Crippen molar-refractivity contribution in [2.45, 2.75) is 30.2 Å². The molecule has 0 atom stereocenters. The number of aromatic hydroxyl groups is 1. The molecule has 0 aliphatic carbocycles. The molecule has 5 aromatic carbocycles. The number of imide groups is 1. The van der Waals surface area contributed by atoms with Crippen LogP contribution in [-0.2, 0) is 26.7 Å². The minimum Gasteiger partial charge on any atom is -0.505 e. The van der Waals surface area contributed by atoms with Gasteiger partial charge in [0.1, 0.15) is 33.5 Å². The van der Waals surface area contributed by atoms with Crippen molar-refractivity contribution in [3.63, 3.8) is 0 Å². The van der Waals surface area contributed by atoms with Gasteiger partial charge >= 0.3 is 0 Å². The van der Waals surface area contributed by atoms with Gasteiger partial charge in [-0.2, -0.15) is 12.7 Å². The minimum absolute atomic E-state index is 0.0105. The molecule has 0 spiro atoms. The largest absolute Gasteiger partial charge is 0.505 e. The zero-order chi connectivity index (χ0) is 43.0. The van der Waals surface area contributed by atoms with Gasteiger partial charge in [-0.25, -0.2) is 8.42 Å². The maximum Gasteiger partial charge on any atom is 0.295 e. The van der Waals surface area contributed by atoms with Gasteiger partial charge in [-0.15, -0.1) is 10.2 Å². The third-order valence-corrected chi connectivity index (χ3v) is 12.8. The quantitative estimate of drug-likeness (QED) is 0.0584. The molecule has 0 unspecified atom stereocenters. The lowest BCUT2D eigenvalue weighted by Gasteiger charge is -2.20. The summed E-state index contributed by atoms with van der Waals surface area (Å²) in [4.78, 5) is 41.0. The zero-order valence-corrected chi connectivity index (χ0v) is 34.4. The summed E-state index contributed by atoms with van der Waals surface area (Å²) in [6.45, 7) is 3.17. The number of nitrogens with one attached hydrogen (secondary N) is 1. The van der Waals surface area contributed by atoms with Crippen LogP contribution < -0.4 is 19.5 Å². The first kappa shape index (κ1) is 42.5. The molecule has 0 radical (unpaired) electrons. The van der Waals surface area contributed by atoms with E-state index in [0.717, 1.165) is 17.0 Å². The van der Waals surface area contributed by atoms with E-state index >= 15 is 0 Å². The molecule has 0 bridgehead atoms. The number of rotatable bonds is 14. The number of nitrogens with zero attached hydrogens (tertiary/aromatic N) is 4. The summed E-state index contributed by atoms with van der Waals surface area (Å²) >= 11 is 6.32. The van der Waals surface area contributed by atoms with Crippen molar-refractivity contribution in [1.29, 1.82) is 0 Å². The third kappa shape index (κ3) is 7.89. The van der Waals surface area contributed by atoms with Gasteiger partial charge in [0.15, 0.2) is 5.75 Å². The summed E-state index contributed by atoms with van der Waals surface area (Å²) in [7, 11) is -5.13. The second-order valence-corrected chi connectivity index (χ2v) is 16.5. The van der Waals surface area contributed by atoms with E-state index < -0.39 is 66.3 Å². The highest BCUT2D eigenvalue weighted by Gasteiger charge is 2.36. The molecule has 20 heteroatoms. The first-order chi connectivity index (χ1) is 28.0. The molecule has 0 saturated heterocycles. The molecule has 6 rings (SSSR count). The zero-order valence-electron chi connectivity index (χ0n) is 32.0. The number of phenolic OH excluding ortho intramolecular Hbond substituents is 1. The van der Waals surface area contributed by atoms with E-state index in [9.17, 15) is 40.9 Å². The summed E-state index contributed by atoms with van der Waals surface area (Å²) in [6.07, 6.45) is 0. The number of fused-ring (bicyclic) bond motifs is 2. The number of carbonyl (C=O) groups excluding carboxylic acids is 3. The lowest BCUT2D eigenvalue weighted by Crippen LogP contribution is -2.30. The Bertz CT molecular complexity index is 2780. The maximum absolute atomic E-state index is 14.1. The van der Waals surface area contributed by atoms with Gasteiger partial charge in [-0.3, -0.25) is 23.8 Å². The Kier molecular flexibility index (Phi) is 12.0. The van der Waals surface area contributed by atoms with Crippen molar-refractivity contribution >= 4 is 77.3 Å². The first-order valence-electron chi connectivity index (χ1n) is 17.6. The van der Waals surface area contributed by atoms with Crippen LogP contribution in [0.5, 0.6) is 23.0 Å². The van der Waals surface area contributed by atoms with Crippen molar-refractivity contribution in [1.82, 2.24) is 9.21 Å². The van der Waals surface area contributed by atoms with E-state index in [4.69, 9.17) is 25.8 Å². The van der Waals surface area contributed by atoms with E-state index in [1.807, 2.05) is 0 Å². The number of benzene rings is 5. The van der Waals surface area contributed by atoms with Gasteiger partial charge in [0.05, 0.1) is 60.2 Å². The SMILES string of the molecule is CCN(CC)S(=O)(=O)c1ccc(OC)c(N=Nc2c(O)c(C(=O)Nc3cc(Cl)c(OC)cc3OC)cc3c(S(=O)(=O)O)ccc(CN4C(=O)c5ccccc5C4=O)c23)c1. The van der Waals surface area contributed by atoms with Crippen LogP contribution >= 0.6 is 11.6 Å². The van der Waals surface area contributed by atoms with Crippen molar-refractivity contribution in [3.05, 3.63) is 100 Å². The Morgan fingerprint density at radius 2 is 1.46 bits per heavy atom. The van der Waals surface area contributed by atoms with Crippen LogP contribution in [0.2, 0.25) is 5.02 Å². The predicted molar refractivity (Wildman–Crippen MR) is 216 cm³/mol. The van der Waals surface area contributed by atoms with Gasteiger partial charge in [0.25, 0.3) is 27.8 Å². The molecule has 3 N–H and O–H groups in total. The monoisotopic (exact) mass is 865 g/mol. The highest BCUT2D eigenvalue weighted by atomic mass is 35.5.